The molecule has 0 spiro atoms. The zero-order valence-electron chi connectivity index (χ0n) is 9.20. The highest BCUT2D eigenvalue weighted by Crippen LogP contribution is 2.21. The van der Waals surface area contributed by atoms with Gasteiger partial charge < -0.3 is 9.84 Å². The molecular formula is C10H16O5. The first-order valence-electron chi connectivity index (χ1n) is 4.74. The van der Waals surface area contributed by atoms with E-state index in [2.05, 4.69) is 0 Å². The van der Waals surface area contributed by atoms with Gasteiger partial charge in [0.2, 0.25) is 0 Å². The van der Waals surface area contributed by atoms with E-state index >= 15 is 0 Å². The average molecular weight is 216 g/mol. The lowest BCUT2D eigenvalue weighted by molar-refractivity contribution is -0.158. The lowest BCUT2D eigenvalue weighted by Gasteiger charge is -2.20. The van der Waals surface area contributed by atoms with Gasteiger partial charge >= 0.3 is 11.9 Å². The SMILES string of the molecule is CCOC(=O)C(C)(C)C(=O)CCC(=O)O. The van der Waals surface area contributed by atoms with Crippen LogP contribution < -0.4 is 0 Å². The highest BCUT2D eigenvalue weighted by molar-refractivity contribution is 6.03. The van der Waals surface area contributed by atoms with Crippen LogP contribution in [0.4, 0.5) is 0 Å². The van der Waals surface area contributed by atoms with Crippen LogP contribution in [0.25, 0.3) is 0 Å². The number of ether oxygens (including phenoxy) is 1. The van der Waals surface area contributed by atoms with E-state index in [0.29, 0.717) is 0 Å². The molecule has 0 amide bonds. The Bertz CT molecular complexity index is 267. The first-order valence-corrected chi connectivity index (χ1v) is 4.74. The van der Waals surface area contributed by atoms with Crippen LogP contribution in [0.15, 0.2) is 0 Å². The molecule has 0 rings (SSSR count). The first kappa shape index (κ1) is 13.6. The standard InChI is InChI=1S/C10H16O5/c1-4-15-9(14)10(2,3)7(11)5-6-8(12)13/h4-6H2,1-3H3,(H,12,13). The minimum Gasteiger partial charge on any atom is -0.481 e. The molecule has 0 aliphatic heterocycles. The van der Waals surface area contributed by atoms with Crippen molar-refractivity contribution in [3.8, 4) is 0 Å². The molecule has 1 N–H and O–H groups in total. The van der Waals surface area contributed by atoms with Gasteiger partial charge in [0.15, 0.2) is 0 Å². The molecule has 0 unspecified atom stereocenters. The minimum atomic E-state index is -1.26. The number of carbonyl (C=O) groups is 3. The van der Waals surface area contributed by atoms with Crippen molar-refractivity contribution in [2.45, 2.75) is 33.6 Å². The van der Waals surface area contributed by atoms with Crippen molar-refractivity contribution in [2.24, 2.45) is 5.41 Å². The van der Waals surface area contributed by atoms with Crippen molar-refractivity contribution in [3.05, 3.63) is 0 Å². The summed E-state index contributed by atoms with van der Waals surface area (Å²) < 4.78 is 4.73. The Hall–Kier alpha value is -1.39. The van der Waals surface area contributed by atoms with Crippen LogP contribution in [0, 0.1) is 5.41 Å². The summed E-state index contributed by atoms with van der Waals surface area (Å²) in [4.78, 5) is 33.1. The highest BCUT2D eigenvalue weighted by atomic mass is 16.5. The van der Waals surface area contributed by atoms with Crippen LogP contribution in [0.1, 0.15) is 33.6 Å². The topological polar surface area (TPSA) is 80.7 Å². The van der Waals surface area contributed by atoms with Gasteiger partial charge in [-0.15, -0.1) is 0 Å². The summed E-state index contributed by atoms with van der Waals surface area (Å²) in [5, 5.41) is 8.40. The summed E-state index contributed by atoms with van der Waals surface area (Å²) in [6.45, 7) is 4.73. The molecular weight excluding hydrogens is 200 g/mol. The monoisotopic (exact) mass is 216 g/mol. The molecule has 15 heavy (non-hydrogen) atoms. The van der Waals surface area contributed by atoms with E-state index in [4.69, 9.17) is 9.84 Å². The molecule has 0 radical (unpaired) electrons. The van der Waals surface area contributed by atoms with E-state index in [1.54, 1.807) is 6.92 Å². The maximum absolute atomic E-state index is 11.5. The van der Waals surface area contributed by atoms with Crippen molar-refractivity contribution in [3.63, 3.8) is 0 Å². The molecule has 0 aromatic carbocycles. The third kappa shape index (κ3) is 4.10. The summed E-state index contributed by atoms with van der Waals surface area (Å²) in [6.07, 6.45) is -0.414. The Morgan fingerprint density at radius 1 is 1.20 bits per heavy atom. The fraction of sp³-hybridized carbons (Fsp3) is 0.700. The van der Waals surface area contributed by atoms with E-state index in [9.17, 15) is 14.4 Å². The average Bonchev–Trinajstić information content (AvgIpc) is 2.14. The Kier molecular flexibility index (Phi) is 4.97. The fourth-order valence-corrected chi connectivity index (χ4v) is 0.958. The van der Waals surface area contributed by atoms with Gasteiger partial charge in [-0.2, -0.15) is 0 Å². The van der Waals surface area contributed by atoms with Gasteiger partial charge in [-0.1, -0.05) is 0 Å². The second-order valence-corrected chi connectivity index (χ2v) is 3.66. The van der Waals surface area contributed by atoms with Crippen molar-refractivity contribution >= 4 is 17.7 Å². The Balaban J connectivity index is 4.37. The van der Waals surface area contributed by atoms with E-state index in [1.165, 1.54) is 13.8 Å². The fourth-order valence-electron chi connectivity index (χ4n) is 0.958. The van der Waals surface area contributed by atoms with Gasteiger partial charge in [0.25, 0.3) is 0 Å². The second kappa shape index (κ2) is 5.48. The number of carboxylic acids is 1. The largest absolute Gasteiger partial charge is 0.481 e. The number of Topliss-reactive ketones (excluding diaryl/α,β-unsaturated/α-hetero) is 1. The molecule has 5 heteroatoms. The molecule has 86 valence electrons. The number of carboxylic acid groups (broad SMARTS) is 1. The third-order valence-electron chi connectivity index (χ3n) is 2.05. The maximum atomic E-state index is 11.5. The highest BCUT2D eigenvalue weighted by Gasteiger charge is 2.36. The molecule has 0 aromatic rings. The second-order valence-electron chi connectivity index (χ2n) is 3.66. The van der Waals surface area contributed by atoms with Gasteiger partial charge in [0, 0.05) is 6.42 Å². The zero-order valence-corrected chi connectivity index (χ0v) is 9.20. The summed E-state index contributed by atoms with van der Waals surface area (Å²) in [5.41, 5.74) is -1.26. The molecule has 0 saturated heterocycles. The van der Waals surface area contributed by atoms with Crippen molar-refractivity contribution in [1.82, 2.24) is 0 Å². The number of aliphatic carboxylic acids is 1. The van der Waals surface area contributed by atoms with Crippen LogP contribution in [-0.4, -0.2) is 29.4 Å². The van der Waals surface area contributed by atoms with Crippen LogP contribution in [0.2, 0.25) is 0 Å². The predicted octanol–water partition coefficient (Wildman–Crippen LogP) is 1.01. The molecule has 0 aliphatic rings. The summed E-state index contributed by atoms with van der Waals surface area (Å²) in [5.74, 6) is -2.08. The van der Waals surface area contributed by atoms with Gasteiger partial charge in [0.1, 0.15) is 11.2 Å². The molecule has 0 saturated carbocycles. The van der Waals surface area contributed by atoms with Crippen LogP contribution >= 0.6 is 0 Å². The summed E-state index contributed by atoms with van der Waals surface area (Å²) >= 11 is 0. The molecule has 5 nitrogen and oxygen atoms in total. The van der Waals surface area contributed by atoms with Crippen LogP contribution in [-0.2, 0) is 19.1 Å². The summed E-state index contributed by atoms with van der Waals surface area (Å²) in [6, 6.07) is 0. The summed E-state index contributed by atoms with van der Waals surface area (Å²) in [7, 11) is 0. The molecule has 0 aliphatic carbocycles. The van der Waals surface area contributed by atoms with Crippen molar-refractivity contribution < 1.29 is 24.2 Å². The zero-order chi connectivity index (χ0) is 12.1. The van der Waals surface area contributed by atoms with Gasteiger partial charge in [-0.05, 0) is 20.8 Å². The lowest BCUT2D eigenvalue weighted by Crippen LogP contribution is -2.35. The smallest absolute Gasteiger partial charge is 0.319 e. The molecule has 0 fully saturated rings. The van der Waals surface area contributed by atoms with E-state index in [0.717, 1.165) is 0 Å². The Labute approximate surface area is 88.4 Å². The molecule has 0 atom stereocenters. The van der Waals surface area contributed by atoms with Crippen molar-refractivity contribution in [1.29, 1.82) is 0 Å². The number of rotatable bonds is 6. The number of esters is 1. The van der Waals surface area contributed by atoms with Crippen LogP contribution in [0.5, 0.6) is 0 Å². The number of ketones is 1. The van der Waals surface area contributed by atoms with Gasteiger partial charge in [-0.25, -0.2) is 0 Å². The predicted molar refractivity (Wildman–Crippen MR) is 52.3 cm³/mol. The minimum absolute atomic E-state index is 0.152. The maximum Gasteiger partial charge on any atom is 0.319 e. The molecule has 0 aromatic heterocycles. The Morgan fingerprint density at radius 2 is 1.73 bits per heavy atom. The van der Waals surface area contributed by atoms with E-state index in [-0.39, 0.29) is 19.4 Å². The lowest BCUT2D eigenvalue weighted by atomic mass is 9.86. The molecule has 0 heterocycles. The number of hydrogen-bond acceptors (Lipinski definition) is 4. The van der Waals surface area contributed by atoms with Crippen LogP contribution in [0.3, 0.4) is 0 Å². The number of hydrogen-bond donors (Lipinski definition) is 1. The van der Waals surface area contributed by atoms with Crippen molar-refractivity contribution in [2.75, 3.05) is 6.61 Å². The quantitative estimate of drug-likeness (QED) is 0.529. The van der Waals surface area contributed by atoms with E-state index < -0.39 is 23.1 Å². The first-order chi connectivity index (χ1) is 6.82. The van der Waals surface area contributed by atoms with E-state index in [1.807, 2.05) is 0 Å². The normalized spacial score (nSPS) is 10.9. The number of carbonyl (C=O) groups excluding carboxylic acids is 2. The third-order valence-corrected chi connectivity index (χ3v) is 2.05. The van der Waals surface area contributed by atoms with Gasteiger partial charge in [-0.3, -0.25) is 14.4 Å². The Morgan fingerprint density at radius 3 is 2.13 bits per heavy atom. The molecule has 0 bridgehead atoms. The van der Waals surface area contributed by atoms with Gasteiger partial charge in [0.05, 0.1) is 13.0 Å².